The van der Waals surface area contributed by atoms with Crippen molar-refractivity contribution in [3.05, 3.63) is 118 Å². The van der Waals surface area contributed by atoms with E-state index < -0.39 is 0 Å². The molecule has 0 aliphatic rings. The first-order chi connectivity index (χ1) is 16.8. The van der Waals surface area contributed by atoms with E-state index in [2.05, 4.69) is 109 Å². The Morgan fingerprint density at radius 3 is 1.29 bits per heavy atom. The lowest BCUT2D eigenvalue weighted by molar-refractivity contribution is 1.66. The van der Waals surface area contributed by atoms with Crippen molar-refractivity contribution in [3.63, 3.8) is 0 Å². The normalized spacial score (nSPS) is 11.6. The fourth-order valence-electron chi connectivity index (χ4n) is 5.12. The molecule has 0 N–H and O–H groups in total. The highest BCUT2D eigenvalue weighted by Gasteiger charge is 2.17. The van der Waals surface area contributed by atoms with Gasteiger partial charge in [-0.15, -0.1) is 0 Å². The highest BCUT2D eigenvalue weighted by atomic mass is 32.2. The standard InChI is InChI=1S/C31H18OS2/c32-31-33-27-17-21-15-25-26(16-22(21)18-28(27)34-31)30(20-11-5-2-6-12-20)24-14-8-7-13-23(24)29(25)19-9-3-1-4-10-19/h1-18H. The van der Waals surface area contributed by atoms with Crippen molar-refractivity contribution >= 4 is 64.4 Å². The molecule has 0 radical (unpaired) electrons. The summed E-state index contributed by atoms with van der Waals surface area (Å²) in [5.41, 5.74) is 4.94. The van der Waals surface area contributed by atoms with E-state index in [-0.39, 0.29) is 4.06 Å². The van der Waals surface area contributed by atoms with Gasteiger partial charge in [0.25, 0.3) is 4.06 Å². The van der Waals surface area contributed by atoms with Crippen LogP contribution in [0.3, 0.4) is 0 Å². The second kappa shape index (κ2) is 7.63. The molecule has 1 nitrogen and oxygen atoms in total. The van der Waals surface area contributed by atoms with Gasteiger partial charge in [0, 0.05) is 9.40 Å². The highest BCUT2D eigenvalue weighted by molar-refractivity contribution is 7.35. The van der Waals surface area contributed by atoms with Crippen LogP contribution >= 0.6 is 22.7 Å². The number of fused-ring (bicyclic) bond motifs is 4. The van der Waals surface area contributed by atoms with Gasteiger partial charge in [0.15, 0.2) is 0 Å². The second-order valence-electron chi connectivity index (χ2n) is 8.53. The van der Waals surface area contributed by atoms with Gasteiger partial charge >= 0.3 is 0 Å². The van der Waals surface area contributed by atoms with Crippen LogP contribution < -0.4 is 4.06 Å². The summed E-state index contributed by atoms with van der Waals surface area (Å²) in [5, 5.41) is 7.30. The first kappa shape index (κ1) is 19.7. The van der Waals surface area contributed by atoms with Crippen LogP contribution in [0, 0.1) is 0 Å². The molecule has 1 aromatic heterocycles. The Labute approximate surface area is 204 Å². The largest absolute Gasteiger partial charge is 0.288 e. The van der Waals surface area contributed by atoms with Gasteiger partial charge in [0.1, 0.15) is 0 Å². The molecule has 6 aromatic carbocycles. The number of hydrogen-bond donors (Lipinski definition) is 0. The molecule has 0 aliphatic heterocycles. The average molecular weight is 471 g/mol. The summed E-state index contributed by atoms with van der Waals surface area (Å²) < 4.78 is 2.27. The van der Waals surface area contributed by atoms with Gasteiger partial charge in [0.05, 0.1) is 0 Å². The molecule has 7 aromatic rings. The molecule has 0 fully saturated rings. The SMILES string of the molecule is O=c1sc2cc3cc4c(-c5ccccc5)c5ccccc5c(-c5ccccc5)c4cc3cc2s1. The van der Waals surface area contributed by atoms with Crippen LogP contribution in [0.25, 0.3) is 64.0 Å². The molecule has 0 saturated carbocycles. The maximum absolute atomic E-state index is 12.1. The number of benzene rings is 6. The van der Waals surface area contributed by atoms with Gasteiger partial charge in [-0.1, -0.05) is 108 Å². The molecule has 0 bridgehead atoms. The van der Waals surface area contributed by atoms with Crippen LogP contribution in [0.4, 0.5) is 0 Å². The van der Waals surface area contributed by atoms with E-state index in [1.54, 1.807) is 0 Å². The third-order valence-corrected chi connectivity index (χ3v) is 8.63. The van der Waals surface area contributed by atoms with Crippen LogP contribution in [0.5, 0.6) is 0 Å². The van der Waals surface area contributed by atoms with Crippen LogP contribution in [0.15, 0.2) is 114 Å². The smallest absolute Gasteiger partial charge is 0.265 e. The lowest BCUT2D eigenvalue weighted by Crippen LogP contribution is -1.91. The van der Waals surface area contributed by atoms with Gasteiger partial charge in [-0.05, 0) is 78.8 Å². The van der Waals surface area contributed by atoms with E-state index in [0.29, 0.717) is 0 Å². The maximum atomic E-state index is 12.1. The zero-order valence-corrected chi connectivity index (χ0v) is 19.8. The maximum Gasteiger partial charge on any atom is 0.288 e. The van der Waals surface area contributed by atoms with Gasteiger partial charge in [-0.2, -0.15) is 0 Å². The van der Waals surface area contributed by atoms with E-state index in [1.807, 2.05) is 0 Å². The molecule has 0 unspecified atom stereocenters. The van der Waals surface area contributed by atoms with Crippen molar-refractivity contribution in [1.82, 2.24) is 0 Å². The van der Waals surface area contributed by atoms with Gasteiger partial charge in [-0.3, -0.25) is 4.79 Å². The Morgan fingerprint density at radius 1 is 0.441 bits per heavy atom. The molecule has 3 heteroatoms. The van der Waals surface area contributed by atoms with Crippen molar-refractivity contribution in [3.8, 4) is 22.3 Å². The van der Waals surface area contributed by atoms with Crippen molar-refractivity contribution in [2.45, 2.75) is 0 Å². The third-order valence-electron chi connectivity index (χ3n) is 6.56. The Kier molecular flexibility index (Phi) is 4.41. The quantitative estimate of drug-likeness (QED) is 0.230. The first-order valence-corrected chi connectivity index (χ1v) is 12.9. The van der Waals surface area contributed by atoms with Gasteiger partial charge < -0.3 is 0 Å². The fraction of sp³-hybridized carbons (Fsp3) is 0. The fourth-order valence-corrected chi connectivity index (χ4v) is 7.13. The second-order valence-corrected chi connectivity index (χ2v) is 10.8. The van der Waals surface area contributed by atoms with Crippen LogP contribution in [-0.4, -0.2) is 0 Å². The molecule has 0 spiro atoms. The van der Waals surface area contributed by atoms with Gasteiger partial charge in [-0.25, -0.2) is 0 Å². The summed E-state index contributed by atoms with van der Waals surface area (Å²) in [7, 11) is 0. The molecule has 0 amide bonds. The Balaban J connectivity index is 1.74. The predicted octanol–water partition coefficient (Wildman–Crippen LogP) is 9.12. The molecule has 34 heavy (non-hydrogen) atoms. The summed E-state index contributed by atoms with van der Waals surface area (Å²) >= 11 is 2.68. The lowest BCUT2D eigenvalue weighted by Gasteiger charge is -2.18. The lowest BCUT2D eigenvalue weighted by atomic mass is 9.85. The van der Waals surface area contributed by atoms with Crippen LogP contribution in [0.1, 0.15) is 0 Å². The van der Waals surface area contributed by atoms with E-state index in [1.165, 1.54) is 77.2 Å². The minimum atomic E-state index is 0.149. The highest BCUT2D eigenvalue weighted by Crippen LogP contribution is 2.45. The summed E-state index contributed by atoms with van der Waals surface area (Å²) in [6.45, 7) is 0. The van der Waals surface area contributed by atoms with Crippen LogP contribution in [0.2, 0.25) is 0 Å². The molecule has 160 valence electrons. The molecular weight excluding hydrogens is 452 g/mol. The van der Waals surface area contributed by atoms with Crippen molar-refractivity contribution in [2.24, 2.45) is 0 Å². The van der Waals surface area contributed by atoms with Crippen molar-refractivity contribution in [1.29, 1.82) is 0 Å². The van der Waals surface area contributed by atoms with Crippen molar-refractivity contribution in [2.75, 3.05) is 0 Å². The first-order valence-electron chi connectivity index (χ1n) is 11.2. The van der Waals surface area contributed by atoms with E-state index in [0.717, 1.165) is 9.40 Å². The Bertz CT molecular complexity index is 1770. The molecular formula is C31H18OS2. The summed E-state index contributed by atoms with van der Waals surface area (Å²) in [4.78, 5) is 12.1. The number of rotatable bonds is 2. The van der Waals surface area contributed by atoms with Crippen molar-refractivity contribution < 1.29 is 0 Å². The molecule has 0 atom stereocenters. The molecule has 0 saturated heterocycles. The summed E-state index contributed by atoms with van der Waals surface area (Å²) in [6, 6.07) is 39.1. The zero-order valence-electron chi connectivity index (χ0n) is 18.1. The molecule has 1 heterocycles. The summed E-state index contributed by atoms with van der Waals surface area (Å²) in [5.74, 6) is 0. The van der Waals surface area contributed by atoms with E-state index >= 15 is 0 Å². The molecule has 0 aliphatic carbocycles. The number of hydrogen-bond acceptors (Lipinski definition) is 3. The minimum Gasteiger partial charge on any atom is -0.265 e. The minimum absolute atomic E-state index is 0.149. The average Bonchev–Trinajstić information content (AvgIpc) is 3.24. The van der Waals surface area contributed by atoms with Crippen LogP contribution in [-0.2, 0) is 0 Å². The topological polar surface area (TPSA) is 17.1 Å². The Hall–Kier alpha value is -3.79. The Morgan fingerprint density at radius 2 is 0.853 bits per heavy atom. The molecule has 7 rings (SSSR count). The van der Waals surface area contributed by atoms with E-state index in [9.17, 15) is 4.79 Å². The predicted molar refractivity (Wildman–Crippen MR) is 149 cm³/mol. The monoisotopic (exact) mass is 470 g/mol. The van der Waals surface area contributed by atoms with E-state index in [4.69, 9.17) is 0 Å². The third kappa shape index (κ3) is 3.02. The van der Waals surface area contributed by atoms with Gasteiger partial charge in [0.2, 0.25) is 0 Å². The summed E-state index contributed by atoms with van der Waals surface area (Å²) in [6.07, 6.45) is 0. The zero-order chi connectivity index (χ0) is 22.6.